The molecule has 3 heterocycles. The number of hydrogen-bond acceptors (Lipinski definition) is 6. The summed E-state index contributed by atoms with van der Waals surface area (Å²) in [5.74, 6) is 1.18. The highest BCUT2D eigenvalue weighted by atomic mass is 16.5. The van der Waals surface area contributed by atoms with Crippen LogP contribution in [-0.2, 0) is 17.6 Å². The Kier molecular flexibility index (Phi) is 9.01. The average Bonchev–Trinajstić information content (AvgIpc) is 2.88. The maximum Gasteiger partial charge on any atom is 0.303 e. The van der Waals surface area contributed by atoms with Gasteiger partial charge in [0.1, 0.15) is 12.1 Å². The molecule has 1 saturated heterocycles. The van der Waals surface area contributed by atoms with Gasteiger partial charge >= 0.3 is 5.97 Å². The van der Waals surface area contributed by atoms with Crippen molar-refractivity contribution < 1.29 is 14.6 Å². The summed E-state index contributed by atoms with van der Waals surface area (Å²) in [4.78, 5) is 26.5. The maximum absolute atomic E-state index is 11.3. The van der Waals surface area contributed by atoms with E-state index >= 15 is 0 Å². The van der Waals surface area contributed by atoms with Crippen molar-refractivity contribution in [3.63, 3.8) is 0 Å². The van der Waals surface area contributed by atoms with Crippen LogP contribution in [0.1, 0.15) is 49.7 Å². The molecule has 1 fully saturated rings. The zero-order valence-corrected chi connectivity index (χ0v) is 20.6. The third-order valence-corrected chi connectivity index (χ3v) is 7.32. The van der Waals surface area contributed by atoms with Gasteiger partial charge in [0.2, 0.25) is 0 Å². The Bertz CT molecular complexity index is 1090. The second-order valence-corrected chi connectivity index (χ2v) is 9.64. The molecule has 0 amide bonds. The predicted molar refractivity (Wildman–Crippen MR) is 136 cm³/mol. The molecule has 35 heavy (non-hydrogen) atoms. The summed E-state index contributed by atoms with van der Waals surface area (Å²) < 4.78 is 5.41. The van der Waals surface area contributed by atoms with E-state index in [1.165, 1.54) is 11.1 Å². The quantitative estimate of drug-likeness (QED) is 0.402. The smallest absolute Gasteiger partial charge is 0.303 e. The Balaban J connectivity index is 1.31. The molecule has 0 saturated carbocycles. The summed E-state index contributed by atoms with van der Waals surface area (Å²) in [7, 11) is 1.69. The molecule has 0 spiro atoms. The number of ether oxygens (including phenoxy) is 1. The van der Waals surface area contributed by atoms with Gasteiger partial charge in [-0.1, -0.05) is 0 Å². The third-order valence-electron chi connectivity index (χ3n) is 7.32. The van der Waals surface area contributed by atoms with Gasteiger partial charge in [-0.3, -0.25) is 9.78 Å². The number of piperidine rings is 1. The zero-order chi connectivity index (χ0) is 24.5. The first-order valence-corrected chi connectivity index (χ1v) is 12.7. The molecule has 2 aromatic heterocycles. The third kappa shape index (κ3) is 7.21. The van der Waals surface area contributed by atoms with E-state index < -0.39 is 5.97 Å². The van der Waals surface area contributed by atoms with E-state index in [-0.39, 0.29) is 6.42 Å². The molecule has 1 aliphatic heterocycles. The standard InChI is InChI=1S/C28H36N4O3/c1-35-25-8-9-27-26(16-25)23(11-13-31-27)6-2-5-22-12-15-32(19-24(22)7-10-28(33)34)14-3-4-21-17-29-20-30-18-21/h8-9,11,13,16-18,20,22,24H,2-7,10,12,14-15,19H2,1H3,(H,33,34)/t22-,24+/m1/s1. The van der Waals surface area contributed by atoms with Crippen molar-refractivity contribution in [3.05, 3.63) is 60.3 Å². The highest BCUT2D eigenvalue weighted by Gasteiger charge is 2.29. The van der Waals surface area contributed by atoms with Crippen LogP contribution in [0.2, 0.25) is 0 Å². The lowest BCUT2D eigenvalue weighted by Crippen LogP contribution is -2.41. The van der Waals surface area contributed by atoms with Gasteiger partial charge < -0.3 is 14.7 Å². The Labute approximate surface area is 207 Å². The van der Waals surface area contributed by atoms with Gasteiger partial charge in [-0.05, 0) is 105 Å². The molecule has 186 valence electrons. The fourth-order valence-electron chi connectivity index (χ4n) is 5.42. The van der Waals surface area contributed by atoms with Crippen LogP contribution in [0.15, 0.2) is 49.2 Å². The number of aromatic nitrogens is 3. The van der Waals surface area contributed by atoms with Gasteiger partial charge in [-0.15, -0.1) is 0 Å². The maximum atomic E-state index is 11.3. The summed E-state index contributed by atoms with van der Waals surface area (Å²) >= 11 is 0. The first kappa shape index (κ1) is 25.0. The first-order valence-electron chi connectivity index (χ1n) is 12.7. The lowest BCUT2D eigenvalue weighted by Gasteiger charge is -2.39. The Morgan fingerprint density at radius 1 is 1.11 bits per heavy atom. The lowest BCUT2D eigenvalue weighted by atomic mass is 9.79. The number of carboxylic acids is 1. The van der Waals surface area contributed by atoms with Crippen molar-refractivity contribution in [1.82, 2.24) is 19.9 Å². The molecular formula is C28H36N4O3. The molecule has 0 aliphatic carbocycles. The number of methoxy groups -OCH3 is 1. The van der Waals surface area contributed by atoms with Crippen LogP contribution in [0.4, 0.5) is 0 Å². The first-order chi connectivity index (χ1) is 17.1. The minimum absolute atomic E-state index is 0.255. The summed E-state index contributed by atoms with van der Waals surface area (Å²) in [5.41, 5.74) is 3.47. The van der Waals surface area contributed by atoms with Crippen LogP contribution in [0.5, 0.6) is 5.75 Å². The number of rotatable bonds is 12. The van der Waals surface area contributed by atoms with Gasteiger partial charge in [-0.2, -0.15) is 0 Å². The van der Waals surface area contributed by atoms with Crippen molar-refractivity contribution in [2.75, 3.05) is 26.7 Å². The van der Waals surface area contributed by atoms with E-state index in [1.807, 2.05) is 30.7 Å². The van der Waals surface area contributed by atoms with Crippen LogP contribution in [0.3, 0.4) is 0 Å². The number of aliphatic carboxylic acids is 1. The van der Waals surface area contributed by atoms with E-state index in [0.717, 1.165) is 81.2 Å². The van der Waals surface area contributed by atoms with Crippen molar-refractivity contribution in [2.45, 2.75) is 51.4 Å². The molecule has 2 atom stereocenters. The second kappa shape index (κ2) is 12.6. The largest absolute Gasteiger partial charge is 0.497 e. The number of aryl methyl sites for hydroxylation is 2. The number of pyridine rings is 1. The van der Waals surface area contributed by atoms with Crippen LogP contribution in [-0.4, -0.2) is 57.7 Å². The molecule has 1 aromatic carbocycles. The van der Waals surface area contributed by atoms with Gasteiger partial charge in [0.05, 0.1) is 12.6 Å². The minimum Gasteiger partial charge on any atom is -0.497 e. The molecule has 4 rings (SSSR count). The van der Waals surface area contributed by atoms with Crippen LogP contribution in [0.25, 0.3) is 10.9 Å². The number of nitrogens with zero attached hydrogens (tertiary/aromatic N) is 4. The summed E-state index contributed by atoms with van der Waals surface area (Å²) in [6, 6.07) is 8.16. The monoisotopic (exact) mass is 476 g/mol. The average molecular weight is 477 g/mol. The van der Waals surface area contributed by atoms with E-state index in [2.05, 4.69) is 32.0 Å². The van der Waals surface area contributed by atoms with Crippen LogP contribution < -0.4 is 4.74 Å². The zero-order valence-electron chi connectivity index (χ0n) is 20.6. The van der Waals surface area contributed by atoms with E-state index in [0.29, 0.717) is 11.8 Å². The van der Waals surface area contributed by atoms with Crippen molar-refractivity contribution in [3.8, 4) is 5.75 Å². The number of hydrogen-bond donors (Lipinski definition) is 1. The molecule has 7 nitrogen and oxygen atoms in total. The molecule has 1 aliphatic rings. The molecular weight excluding hydrogens is 440 g/mol. The normalized spacial score (nSPS) is 18.5. The summed E-state index contributed by atoms with van der Waals surface area (Å²) in [6.45, 7) is 3.13. The fourth-order valence-corrected chi connectivity index (χ4v) is 5.42. The SMILES string of the molecule is COc1ccc2nccc(CCC[C@@H]3CCN(CCCc4cncnc4)C[C@@H]3CCC(=O)O)c2c1. The fraction of sp³-hybridized carbons (Fsp3) is 0.500. The number of carboxylic acid groups (broad SMARTS) is 1. The Hall–Kier alpha value is -3.06. The predicted octanol–water partition coefficient (Wildman–Crippen LogP) is 4.79. The van der Waals surface area contributed by atoms with Gasteiger partial charge in [0.25, 0.3) is 0 Å². The van der Waals surface area contributed by atoms with Crippen LogP contribution >= 0.6 is 0 Å². The molecule has 0 radical (unpaired) electrons. The number of fused-ring (bicyclic) bond motifs is 1. The van der Waals surface area contributed by atoms with Crippen molar-refractivity contribution >= 4 is 16.9 Å². The Morgan fingerprint density at radius 3 is 2.77 bits per heavy atom. The van der Waals surface area contributed by atoms with E-state index in [9.17, 15) is 9.90 Å². The highest BCUT2D eigenvalue weighted by Crippen LogP contribution is 2.32. The number of carbonyl (C=O) groups is 1. The second-order valence-electron chi connectivity index (χ2n) is 9.64. The lowest BCUT2D eigenvalue weighted by molar-refractivity contribution is -0.137. The van der Waals surface area contributed by atoms with Gasteiger partial charge in [-0.25, -0.2) is 9.97 Å². The minimum atomic E-state index is -0.692. The van der Waals surface area contributed by atoms with E-state index in [4.69, 9.17) is 4.74 Å². The van der Waals surface area contributed by atoms with Gasteiger partial charge in [0, 0.05) is 36.9 Å². The number of benzene rings is 1. The Morgan fingerprint density at radius 2 is 1.97 bits per heavy atom. The van der Waals surface area contributed by atoms with Crippen molar-refractivity contribution in [1.29, 1.82) is 0 Å². The van der Waals surface area contributed by atoms with Crippen LogP contribution in [0, 0.1) is 11.8 Å². The van der Waals surface area contributed by atoms with Crippen molar-refractivity contribution in [2.24, 2.45) is 11.8 Å². The topological polar surface area (TPSA) is 88.4 Å². The molecule has 1 N–H and O–H groups in total. The molecule has 3 aromatic rings. The highest BCUT2D eigenvalue weighted by molar-refractivity contribution is 5.83. The van der Waals surface area contributed by atoms with Gasteiger partial charge in [0.15, 0.2) is 0 Å². The molecule has 0 bridgehead atoms. The molecule has 7 heteroatoms. The summed E-state index contributed by atoms with van der Waals surface area (Å²) in [5, 5.41) is 10.5. The van der Waals surface area contributed by atoms with E-state index in [1.54, 1.807) is 13.4 Å². The number of likely N-dealkylation sites (tertiary alicyclic amines) is 1. The molecule has 0 unspecified atom stereocenters. The summed E-state index contributed by atoms with van der Waals surface area (Å²) in [6.07, 6.45) is 14.7.